The van der Waals surface area contributed by atoms with E-state index in [1.807, 2.05) is 6.92 Å². The predicted molar refractivity (Wildman–Crippen MR) is 117 cm³/mol. The monoisotopic (exact) mass is 453 g/mol. The largest absolute Gasteiger partial charge is 0.447 e. The summed E-state index contributed by atoms with van der Waals surface area (Å²) in [6, 6.07) is 6.23. The van der Waals surface area contributed by atoms with Crippen molar-refractivity contribution in [1.82, 2.24) is 9.80 Å². The number of ether oxygens (including phenoxy) is 2. The molecule has 0 saturated carbocycles. The van der Waals surface area contributed by atoms with Crippen molar-refractivity contribution in [2.75, 3.05) is 43.3 Å². The van der Waals surface area contributed by atoms with Gasteiger partial charge in [0.1, 0.15) is 6.61 Å². The Morgan fingerprint density at radius 2 is 1.97 bits per heavy atom. The SMILES string of the molecule is CCCS(=O)(=O)Nc1ccc(C(=O)N2CCN(C(=O)OCC3CCCO3)CC2C)cc1. The Kier molecular flexibility index (Phi) is 7.77. The lowest BCUT2D eigenvalue weighted by Gasteiger charge is -2.39. The molecule has 0 aromatic heterocycles. The molecule has 2 amide bonds. The van der Waals surface area contributed by atoms with E-state index in [9.17, 15) is 18.0 Å². The molecule has 2 aliphatic rings. The van der Waals surface area contributed by atoms with E-state index >= 15 is 0 Å². The summed E-state index contributed by atoms with van der Waals surface area (Å²) in [5, 5.41) is 0. The second kappa shape index (κ2) is 10.3. The Bertz CT molecular complexity index is 868. The number of anilines is 1. The average Bonchev–Trinajstić information content (AvgIpc) is 3.25. The number of piperazine rings is 1. The summed E-state index contributed by atoms with van der Waals surface area (Å²) >= 11 is 0. The molecule has 2 atom stereocenters. The van der Waals surface area contributed by atoms with E-state index in [0.29, 0.717) is 43.9 Å². The number of carbonyl (C=O) groups is 2. The summed E-state index contributed by atoms with van der Waals surface area (Å²) in [5.41, 5.74) is 0.900. The topological polar surface area (TPSA) is 105 Å². The number of hydrogen-bond donors (Lipinski definition) is 1. The molecule has 2 heterocycles. The molecule has 1 aromatic rings. The number of rotatable bonds is 7. The minimum Gasteiger partial charge on any atom is -0.447 e. The van der Waals surface area contributed by atoms with E-state index in [-0.39, 0.29) is 36.5 Å². The molecule has 2 saturated heterocycles. The van der Waals surface area contributed by atoms with Crippen molar-refractivity contribution >= 4 is 27.7 Å². The number of carbonyl (C=O) groups excluding carboxylic acids is 2. The normalized spacial score (nSPS) is 21.7. The lowest BCUT2D eigenvalue weighted by molar-refractivity contribution is 0.0160. The van der Waals surface area contributed by atoms with E-state index in [2.05, 4.69) is 4.72 Å². The van der Waals surface area contributed by atoms with Crippen LogP contribution in [0.15, 0.2) is 24.3 Å². The first-order valence-corrected chi connectivity index (χ1v) is 12.4. The maximum atomic E-state index is 12.9. The maximum Gasteiger partial charge on any atom is 0.409 e. The molecule has 10 heteroatoms. The fourth-order valence-corrected chi connectivity index (χ4v) is 4.94. The lowest BCUT2D eigenvalue weighted by Crippen LogP contribution is -2.55. The molecule has 1 N–H and O–H groups in total. The molecule has 2 fully saturated rings. The maximum absolute atomic E-state index is 12.9. The summed E-state index contributed by atoms with van der Waals surface area (Å²) in [6.07, 6.45) is 2.03. The summed E-state index contributed by atoms with van der Waals surface area (Å²) < 4.78 is 37.1. The van der Waals surface area contributed by atoms with Crippen molar-refractivity contribution in [1.29, 1.82) is 0 Å². The molecule has 0 aliphatic carbocycles. The van der Waals surface area contributed by atoms with Gasteiger partial charge in [-0.1, -0.05) is 6.92 Å². The molecule has 0 spiro atoms. The Hall–Kier alpha value is -2.33. The minimum absolute atomic E-state index is 0.0151. The molecule has 0 bridgehead atoms. The van der Waals surface area contributed by atoms with Gasteiger partial charge in [-0.05, 0) is 50.5 Å². The van der Waals surface area contributed by atoms with E-state index in [4.69, 9.17) is 9.47 Å². The molecule has 1 aromatic carbocycles. The highest BCUT2D eigenvalue weighted by atomic mass is 32.2. The van der Waals surface area contributed by atoms with Crippen LogP contribution in [0.5, 0.6) is 0 Å². The molecule has 31 heavy (non-hydrogen) atoms. The molecular weight excluding hydrogens is 422 g/mol. The zero-order valence-corrected chi connectivity index (χ0v) is 18.9. The number of amides is 2. The second-order valence-corrected chi connectivity index (χ2v) is 9.85. The number of nitrogens with one attached hydrogen (secondary N) is 1. The van der Waals surface area contributed by atoms with Crippen molar-refractivity contribution in [3.63, 3.8) is 0 Å². The molecule has 2 unspecified atom stereocenters. The standard InChI is InChI=1S/C21H31N3O6S/c1-3-13-31(27,28)22-18-8-6-17(7-9-18)20(25)24-11-10-23(14-16(24)2)21(26)30-15-19-5-4-12-29-19/h6-9,16,19,22H,3-5,10-15H2,1-2H3. The van der Waals surface area contributed by atoms with Gasteiger partial charge in [0.2, 0.25) is 10.0 Å². The van der Waals surface area contributed by atoms with Gasteiger partial charge in [0.25, 0.3) is 5.91 Å². The number of sulfonamides is 1. The summed E-state index contributed by atoms with van der Waals surface area (Å²) in [4.78, 5) is 28.6. The first-order valence-electron chi connectivity index (χ1n) is 10.7. The van der Waals surface area contributed by atoms with Crippen molar-refractivity contribution < 1.29 is 27.5 Å². The molecule has 0 radical (unpaired) electrons. The van der Waals surface area contributed by atoms with Crippen LogP contribution in [0.25, 0.3) is 0 Å². The van der Waals surface area contributed by atoms with Crippen molar-refractivity contribution in [2.24, 2.45) is 0 Å². The quantitative estimate of drug-likeness (QED) is 0.679. The molecular formula is C21H31N3O6S. The van der Waals surface area contributed by atoms with Crippen molar-refractivity contribution in [2.45, 2.75) is 45.3 Å². The zero-order chi connectivity index (χ0) is 22.4. The van der Waals surface area contributed by atoms with Gasteiger partial charge < -0.3 is 19.3 Å². The van der Waals surface area contributed by atoms with Crippen molar-refractivity contribution in [3.8, 4) is 0 Å². The number of hydrogen-bond acceptors (Lipinski definition) is 6. The van der Waals surface area contributed by atoms with Crippen LogP contribution in [0.1, 0.15) is 43.5 Å². The third-order valence-electron chi connectivity index (χ3n) is 5.44. The Morgan fingerprint density at radius 3 is 2.58 bits per heavy atom. The highest BCUT2D eigenvalue weighted by Gasteiger charge is 2.31. The van der Waals surface area contributed by atoms with Crippen LogP contribution in [0.2, 0.25) is 0 Å². The van der Waals surface area contributed by atoms with Gasteiger partial charge >= 0.3 is 6.09 Å². The van der Waals surface area contributed by atoms with Crippen LogP contribution in [-0.2, 0) is 19.5 Å². The third-order valence-corrected chi connectivity index (χ3v) is 6.93. The van der Waals surface area contributed by atoms with Gasteiger partial charge in [0.05, 0.1) is 11.9 Å². The van der Waals surface area contributed by atoms with Crippen LogP contribution in [0.4, 0.5) is 10.5 Å². The molecule has 9 nitrogen and oxygen atoms in total. The number of benzene rings is 1. The Morgan fingerprint density at radius 1 is 1.23 bits per heavy atom. The van der Waals surface area contributed by atoms with E-state index in [0.717, 1.165) is 12.8 Å². The van der Waals surface area contributed by atoms with Crippen LogP contribution in [-0.4, -0.2) is 81.0 Å². The van der Waals surface area contributed by atoms with Gasteiger partial charge in [0.15, 0.2) is 0 Å². The summed E-state index contributed by atoms with van der Waals surface area (Å²) in [7, 11) is -3.37. The van der Waals surface area contributed by atoms with Gasteiger partial charge in [-0.3, -0.25) is 9.52 Å². The van der Waals surface area contributed by atoms with Crippen molar-refractivity contribution in [3.05, 3.63) is 29.8 Å². The van der Waals surface area contributed by atoms with E-state index < -0.39 is 10.0 Å². The first-order chi connectivity index (χ1) is 14.8. The highest BCUT2D eigenvalue weighted by molar-refractivity contribution is 7.92. The third kappa shape index (κ3) is 6.33. The Balaban J connectivity index is 1.52. The zero-order valence-electron chi connectivity index (χ0n) is 18.1. The first kappa shape index (κ1) is 23.3. The predicted octanol–water partition coefficient (Wildman–Crippen LogP) is 2.30. The van der Waals surface area contributed by atoms with E-state index in [1.54, 1.807) is 41.0 Å². The average molecular weight is 454 g/mol. The summed E-state index contributed by atoms with van der Waals surface area (Å²) in [6.45, 7) is 5.86. The van der Waals surface area contributed by atoms with Crippen LogP contribution in [0, 0.1) is 0 Å². The van der Waals surface area contributed by atoms with Crippen LogP contribution < -0.4 is 4.72 Å². The van der Waals surface area contributed by atoms with Gasteiger partial charge in [0, 0.05) is 43.5 Å². The van der Waals surface area contributed by atoms with E-state index in [1.165, 1.54) is 0 Å². The van der Waals surface area contributed by atoms with Gasteiger partial charge in [-0.15, -0.1) is 0 Å². The molecule has 3 rings (SSSR count). The fourth-order valence-electron chi connectivity index (χ4n) is 3.80. The second-order valence-electron chi connectivity index (χ2n) is 8.00. The van der Waals surface area contributed by atoms with Crippen LogP contribution >= 0.6 is 0 Å². The lowest BCUT2D eigenvalue weighted by atomic mass is 10.1. The highest BCUT2D eigenvalue weighted by Crippen LogP contribution is 2.18. The molecule has 172 valence electrons. The molecule has 2 aliphatic heterocycles. The smallest absolute Gasteiger partial charge is 0.409 e. The van der Waals surface area contributed by atoms with Gasteiger partial charge in [-0.2, -0.15) is 0 Å². The number of nitrogens with zero attached hydrogens (tertiary/aromatic N) is 2. The van der Waals surface area contributed by atoms with Crippen LogP contribution in [0.3, 0.4) is 0 Å². The Labute approximate surface area is 183 Å². The summed E-state index contributed by atoms with van der Waals surface area (Å²) in [5.74, 6) is -0.103. The fraction of sp³-hybridized carbons (Fsp3) is 0.619. The minimum atomic E-state index is -3.37. The van der Waals surface area contributed by atoms with Gasteiger partial charge in [-0.25, -0.2) is 13.2 Å².